The van der Waals surface area contributed by atoms with Crippen LogP contribution in [0.2, 0.25) is 10.2 Å². The molecular formula is C10H6Cl2N4O. The first-order valence-corrected chi connectivity index (χ1v) is 5.31. The van der Waals surface area contributed by atoms with Crippen LogP contribution in [0.1, 0.15) is 10.4 Å². The highest BCUT2D eigenvalue weighted by molar-refractivity contribution is 6.34. The summed E-state index contributed by atoms with van der Waals surface area (Å²) in [4.78, 5) is 23.3. The molecule has 0 aliphatic carbocycles. The first-order valence-electron chi connectivity index (χ1n) is 4.55. The average molecular weight is 269 g/mol. The molecule has 1 amide bonds. The molecule has 7 heteroatoms. The van der Waals surface area contributed by atoms with Crippen LogP contribution in [0, 0.1) is 0 Å². The Bertz CT molecular complexity index is 544. The Hall–Kier alpha value is -1.72. The van der Waals surface area contributed by atoms with E-state index in [0.717, 1.165) is 0 Å². The van der Waals surface area contributed by atoms with Gasteiger partial charge >= 0.3 is 0 Å². The number of pyridine rings is 1. The molecule has 0 radical (unpaired) electrons. The van der Waals surface area contributed by atoms with E-state index in [2.05, 4.69) is 20.3 Å². The normalized spacial score (nSPS) is 10.0. The van der Waals surface area contributed by atoms with E-state index in [1.807, 2.05) is 0 Å². The van der Waals surface area contributed by atoms with Crippen LogP contribution in [0.3, 0.4) is 0 Å². The summed E-state index contributed by atoms with van der Waals surface area (Å²) in [6.45, 7) is 0. The molecule has 0 aliphatic rings. The molecule has 0 fully saturated rings. The van der Waals surface area contributed by atoms with Gasteiger partial charge in [0.2, 0.25) is 0 Å². The zero-order valence-corrected chi connectivity index (χ0v) is 9.90. The van der Waals surface area contributed by atoms with Gasteiger partial charge in [0.05, 0.1) is 23.0 Å². The molecule has 5 nitrogen and oxygen atoms in total. The number of hydrogen-bond acceptors (Lipinski definition) is 4. The van der Waals surface area contributed by atoms with Crippen molar-refractivity contribution in [3.63, 3.8) is 0 Å². The molecule has 0 atom stereocenters. The molecule has 2 aromatic heterocycles. The van der Waals surface area contributed by atoms with Crippen LogP contribution in [0.15, 0.2) is 30.9 Å². The summed E-state index contributed by atoms with van der Waals surface area (Å²) in [5.74, 6) is -0.0821. The monoisotopic (exact) mass is 268 g/mol. The Morgan fingerprint density at radius 3 is 2.65 bits per heavy atom. The third-order valence-electron chi connectivity index (χ3n) is 1.88. The van der Waals surface area contributed by atoms with E-state index in [1.54, 1.807) is 0 Å². The molecule has 2 heterocycles. The van der Waals surface area contributed by atoms with E-state index in [1.165, 1.54) is 30.9 Å². The number of aromatic nitrogens is 3. The maximum absolute atomic E-state index is 11.8. The van der Waals surface area contributed by atoms with Crippen LogP contribution in [0.5, 0.6) is 0 Å². The number of anilines is 1. The molecule has 0 saturated carbocycles. The minimum atomic E-state index is -0.381. The number of halogens is 2. The maximum atomic E-state index is 11.8. The van der Waals surface area contributed by atoms with Crippen molar-refractivity contribution in [1.29, 1.82) is 0 Å². The molecule has 2 rings (SSSR count). The van der Waals surface area contributed by atoms with Gasteiger partial charge in [-0.25, -0.2) is 9.97 Å². The number of nitrogens with zero attached hydrogens (tertiary/aromatic N) is 3. The Balaban J connectivity index is 2.17. The topological polar surface area (TPSA) is 67.8 Å². The molecule has 0 spiro atoms. The third kappa shape index (κ3) is 2.89. The summed E-state index contributed by atoms with van der Waals surface area (Å²) in [6.07, 6.45) is 5.57. The second-order valence-corrected chi connectivity index (χ2v) is 3.83. The van der Waals surface area contributed by atoms with Gasteiger partial charge in [-0.15, -0.1) is 0 Å². The van der Waals surface area contributed by atoms with Gasteiger partial charge in [-0.2, -0.15) is 0 Å². The predicted molar refractivity (Wildman–Crippen MR) is 64.2 cm³/mol. The second-order valence-electron chi connectivity index (χ2n) is 3.03. The number of rotatable bonds is 2. The summed E-state index contributed by atoms with van der Waals surface area (Å²) in [7, 11) is 0. The van der Waals surface area contributed by atoms with Crippen LogP contribution in [0.25, 0.3) is 0 Å². The van der Waals surface area contributed by atoms with Crippen LogP contribution >= 0.6 is 23.2 Å². The van der Waals surface area contributed by atoms with Crippen molar-refractivity contribution >= 4 is 34.9 Å². The SMILES string of the molecule is O=C(Nc1cnc(Cl)cn1)c1ccncc1Cl. The molecule has 2 aromatic rings. The fraction of sp³-hybridized carbons (Fsp3) is 0. The number of hydrogen-bond donors (Lipinski definition) is 1. The molecule has 0 saturated heterocycles. The molecule has 0 aliphatic heterocycles. The maximum Gasteiger partial charge on any atom is 0.258 e. The van der Waals surface area contributed by atoms with Crippen molar-refractivity contribution in [2.24, 2.45) is 0 Å². The third-order valence-corrected chi connectivity index (χ3v) is 2.38. The Morgan fingerprint density at radius 2 is 2.00 bits per heavy atom. The van der Waals surface area contributed by atoms with E-state index < -0.39 is 0 Å². The van der Waals surface area contributed by atoms with Crippen molar-refractivity contribution in [3.05, 3.63) is 46.6 Å². The van der Waals surface area contributed by atoms with Crippen molar-refractivity contribution in [3.8, 4) is 0 Å². The summed E-state index contributed by atoms with van der Waals surface area (Å²) in [6, 6.07) is 1.51. The first kappa shape index (κ1) is 11.8. The summed E-state index contributed by atoms with van der Waals surface area (Å²) < 4.78 is 0. The number of carbonyl (C=O) groups is 1. The lowest BCUT2D eigenvalue weighted by atomic mass is 10.2. The molecular weight excluding hydrogens is 263 g/mol. The van der Waals surface area contributed by atoms with E-state index in [-0.39, 0.29) is 16.1 Å². The van der Waals surface area contributed by atoms with Crippen LogP contribution in [-0.4, -0.2) is 20.9 Å². The van der Waals surface area contributed by atoms with Gasteiger partial charge in [-0.3, -0.25) is 9.78 Å². The summed E-state index contributed by atoms with van der Waals surface area (Å²) >= 11 is 11.4. The molecule has 1 N–H and O–H groups in total. The quantitative estimate of drug-likeness (QED) is 0.909. The number of nitrogens with one attached hydrogen (secondary N) is 1. The summed E-state index contributed by atoms with van der Waals surface area (Å²) in [5, 5.41) is 3.07. The molecule has 17 heavy (non-hydrogen) atoms. The predicted octanol–water partition coefficient (Wildman–Crippen LogP) is 2.43. The Labute approximate surface area is 107 Å². The molecule has 86 valence electrons. The van der Waals surface area contributed by atoms with Gasteiger partial charge in [-0.05, 0) is 6.07 Å². The largest absolute Gasteiger partial charge is 0.305 e. The van der Waals surface area contributed by atoms with Crippen LogP contribution in [-0.2, 0) is 0 Å². The lowest BCUT2D eigenvalue weighted by molar-refractivity contribution is 0.102. The Kier molecular flexibility index (Phi) is 3.51. The lowest BCUT2D eigenvalue weighted by Crippen LogP contribution is -2.13. The van der Waals surface area contributed by atoms with Crippen molar-refractivity contribution in [1.82, 2.24) is 15.0 Å². The van der Waals surface area contributed by atoms with Crippen molar-refractivity contribution < 1.29 is 4.79 Å². The highest BCUT2D eigenvalue weighted by Gasteiger charge is 2.10. The second kappa shape index (κ2) is 5.07. The van der Waals surface area contributed by atoms with E-state index in [0.29, 0.717) is 11.4 Å². The smallest absolute Gasteiger partial charge is 0.258 e. The van der Waals surface area contributed by atoms with E-state index in [4.69, 9.17) is 23.2 Å². The zero-order valence-electron chi connectivity index (χ0n) is 8.39. The van der Waals surface area contributed by atoms with E-state index in [9.17, 15) is 4.79 Å². The van der Waals surface area contributed by atoms with Gasteiger partial charge in [0, 0.05) is 12.4 Å². The van der Waals surface area contributed by atoms with Crippen molar-refractivity contribution in [2.45, 2.75) is 0 Å². The molecule has 0 bridgehead atoms. The fourth-order valence-electron chi connectivity index (χ4n) is 1.12. The van der Waals surface area contributed by atoms with Crippen LogP contribution in [0.4, 0.5) is 5.82 Å². The number of carbonyl (C=O) groups excluding carboxylic acids is 1. The lowest BCUT2D eigenvalue weighted by Gasteiger charge is -2.04. The fourth-order valence-corrected chi connectivity index (χ4v) is 1.42. The average Bonchev–Trinajstić information content (AvgIpc) is 2.32. The summed E-state index contributed by atoms with van der Waals surface area (Å²) in [5.41, 5.74) is 0.318. The van der Waals surface area contributed by atoms with E-state index >= 15 is 0 Å². The number of amides is 1. The van der Waals surface area contributed by atoms with Crippen molar-refractivity contribution in [2.75, 3.05) is 5.32 Å². The van der Waals surface area contributed by atoms with Gasteiger partial charge < -0.3 is 5.32 Å². The van der Waals surface area contributed by atoms with Gasteiger partial charge in [0.25, 0.3) is 5.91 Å². The molecule has 0 unspecified atom stereocenters. The van der Waals surface area contributed by atoms with Gasteiger partial charge in [0.15, 0.2) is 5.82 Å². The van der Waals surface area contributed by atoms with Gasteiger partial charge in [0.1, 0.15) is 5.15 Å². The Morgan fingerprint density at radius 1 is 1.18 bits per heavy atom. The highest BCUT2D eigenvalue weighted by Crippen LogP contribution is 2.15. The minimum absolute atomic E-state index is 0.255. The molecule has 0 aromatic carbocycles. The highest BCUT2D eigenvalue weighted by atomic mass is 35.5. The van der Waals surface area contributed by atoms with Gasteiger partial charge in [-0.1, -0.05) is 23.2 Å². The standard InChI is InChI=1S/C10H6Cl2N4O/c11-7-3-13-2-1-6(7)10(17)16-9-5-14-8(12)4-15-9/h1-5H,(H,15,16,17). The first-order chi connectivity index (χ1) is 8.16. The minimum Gasteiger partial charge on any atom is -0.305 e. The zero-order chi connectivity index (χ0) is 12.3. The van der Waals surface area contributed by atoms with Crippen LogP contribution < -0.4 is 5.32 Å².